The van der Waals surface area contributed by atoms with E-state index in [4.69, 9.17) is 4.74 Å². The van der Waals surface area contributed by atoms with Gasteiger partial charge >= 0.3 is 0 Å². The van der Waals surface area contributed by atoms with Crippen molar-refractivity contribution in [1.82, 2.24) is 9.38 Å². The van der Waals surface area contributed by atoms with Gasteiger partial charge in [-0.15, -0.1) is 0 Å². The lowest BCUT2D eigenvalue weighted by Gasteiger charge is -2.24. The van der Waals surface area contributed by atoms with Crippen LogP contribution in [0.15, 0.2) is 24.5 Å². The van der Waals surface area contributed by atoms with Crippen LogP contribution in [0.4, 0.5) is 0 Å². The molecule has 1 fully saturated rings. The van der Waals surface area contributed by atoms with Crippen molar-refractivity contribution >= 4 is 5.52 Å². The van der Waals surface area contributed by atoms with Gasteiger partial charge in [-0.1, -0.05) is 0 Å². The van der Waals surface area contributed by atoms with E-state index < -0.39 is 0 Å². The van der Waals surface area contributed by atoms with E-state index in [1.54, 1.807) is 0 Å². The summed E-state index contributed by atoms with van der Waals surface area (Å²) in [5.41, 5.74) is 2.45. The lowest BCUT2D eigenvalue weighted by Crippen LogP contribution is -2.27. The SMILES string of the molecule is Cc1ccn2c(C3COC3)ncc2c1. The van der Waals surface area contributed by atoms with Gasteiger partial charge in [-0.2, -0.15) is 0 Å². The number of hydrogen-bond donors (Lipinski definition) is 0. The Morgan fingerprint density at radius 2 is 2.36 bits per heavy atom. The zero-order chi connectivity index (χ0) is 9.54. The summed E-state index contributed by atoms with van der Waals surface area (Å²) in [4.78, 5) is 4.44. The van der Waals surface area contributed by atoms with Crippen LogP contribution >= 0.6 is 0 Å². The third kappa shape index (κ3) is 1.06. The van der Waals surface area contributed by atoms with Crippen molar-refractivity contribution in [2.75, 3.05) is 13.2 Å². The smallest absolute Gasteiger partial charge is 0.121 e. The first-order chi connectivity index (χ1) is 6.84. The van der Waals surface area contributed by atoms with Crippen LogP contribution in [-0.4, -0.2) is 22.6 Å². The molecule has 72 valence electrons. The van der Waals surface area contributed by atoms with E-state index >= 15 is 0 Å². The summed E-state index contributed by atoms with van der Waals surface area (Å²) >= 11 is 0. The van der Waals surface area contributed by atoms with E-state index in [1.807, 2.05) is 6.20 Å². The van der Waals surface area contributed by atoms with Crippen molar-refractivity contribution in [3.63, 3.8) is 0 Å². The van der Waals surface area contributed by atoms with Crippen molar-refractivity contribution in [2.45, 2.75) is 12.8 Å². The van der Waals surface area contributed by atoms with E-state index in [2.05, 4.69) is 34.6 Å². The molecular weight excluding hydrogens is 176 g/mol. The number of pyridine rings is 1. The van der Waals surface area contributed by atoms with Crippen LogP contribution in [0.25, 0.3) is 5.52 Å². The predicted molar refractivity (Wildman–Crippen MR) is 53.5 cm³/mol. The summed E-state index contributed by atoms with van der Waals surface area (Å²) in [5, 5.41) is 0. The number of hydrogen-bond acceptors (Lipinski definition) is 2. The summed E-state index contributed by atoms with van der Waals surface area (Å²) in [7, 11) is 0. The zero-order valence-electron chi connectivity index (χ0n) is 8.10. The quantitative estimate of drug-likeness (QED) is 0.681. The Hall–Kier alpha value is -1.35. The van der Waals surface area contributed by atoms with Gasteiger partial charge in [0.1, 0.15) is 5.82 Å². The minimum Gasteiger partial charge on any atom is -0.380 e. The molecule has 14 heavy (non-hydrogen) atoms. The Bertz CT molecular complexity index is 471. The first kappa shape index (κ1) is 8.00. The third-order valence-electron chi connectivity index (χ3n) is 2.72. The van der Waals surface area contributed by atoms with Gasteiger partial charge < -0.3 is 9.14 Å². The summed E-state index contributed by atoms with van der Waals surface area (Å²) in [6.07, 6.45) is 4.02. The number of aromatic nitrogens is 2. The highest BCUT2D eigenvalue weighted by molar-refractivity contribution is 5.48. The van der Waals surface area contributed by atoms with Gasteiger partial charge in [0.15, 0.2) is 0 Å². The maximum atomic E-state index is 5.18. The molecule has 0 saturated carbocycles. The van der Waals surface area contributed by atoms with Crippen LogP contribution in [0.2, 0.25) is 0 Å². The van der Waals surface area contributed by atoms with Crippen LogP contribution in [0, 0.1) is 6.92 Å². The molecule has 0 unspecified atom stereocenters. The number of nitrogens with zero attached hydrogens (tertiary/aromatic N) is 2. The lowest BCUT2D eigenvalue weighted by atomic mass is 10.1. The Kier molecular flexibility index (Phi) is 1.61. The molecule has 2 aromatic heterocycles. The zero-order valence-corrected chi connectivity index (χ0v) is 8.10. The van der Waals surface area contributed by atoms with E-state index in [-0.39, 0.29) is 0 Å². The molecule has 3 heterocycles. The largest absolute Gasteiger partial charge is 0.380 e. The average molecular weight is 188 g/mol. The van der Waals surface area contributed by atoms with Gasteiger partial charge in [0.2, 0.25) is 0 Å². The molecule has 0 radical (unpaired) electrons. The standard InChI is InChI=1S/C11H12N2O/c1-8-2-3-13-10(4-8)5-12-11(13)9-6-14-7-9/h2-5,9H,6-7H2,1H3. The van der Waals surface area contributed by atoms with E-state index in [9.17, 15) is 0 Å². The second-order valence-electron chi connectivity index (χ2n) is 3.85. The summed E-state index contributed by atoms with van der Waals surface area (Å²) in [6.45, 7) is 3.72. The Morgan fingerprint density at radius 1 is 1.50 bits per heavy atom. The highest BCUT2D eigenvalue weighted by atomic mass is 16.5. The highest BCUT2D eigenvalue weighted by Crippen LogP contribution is 2.23. The Balaban J connectivity index is 2.16. The molecule has 0 aromatic carbocycles. The normalized spacial score (nSPS) is 17.2. The minimum atomic E-state index is 0.486. The van der Waals surface area contributed by atoms with E-state index in [0.717, 1.165) is 19.0 Å². The first-order valence-corrected chi connectivity index (χ1v) is 4.86. The number of imidazole rings is 1. The van der Waals surface area contributed by atoms with Crippen LogP contribution in [0.1, 0.15) is 17.3 Å². The van der Waals surface area contributed by atoms with Crippen molar-refractivity contribution in [1.29, 1.82) is 0 Å². The monoisotopic (exact) mass is 188 g/mol. The topological polar surface area (TPSA) is 26.5 Å². The van der Waals surface area contributed by atoms with Gasteiger partial charge in [0, 0.05) is 6.20 Å². The number of ether oxygens (including phenoxy) is 1. The molecule has 0 aliphatic carbocycles. The summed E-state index contributed by atoms with van der Waals surface area (Å²) < 4.78 is 7.33. The molecule has 0 spiro atoms. The van der Waals surface area contributed by atoms with Gasteiger partial charge in [0.25, 0.3) is 0 Å². The van der Waals surface area contributed by atoms with Crippen molar-refractivity contribution < 1.29 is 4.74 Å². The van der Waals surface area contributed by atoms with Crippen LogP contribution in [0.5, 0.6) is 0 Å². The van der Waals surface area contributed by atoms with Gasteiger partial charge in [-0.25, -0.2) is 4.98 Å². The van der Waals surface area contributed by atoms with Crippen LogP contribution in [0.3, 0.4) is 0 Å². The maximum Gasteiger partial charge on any atom is 0.121 e. The van der Waals surface area contributed by atoms with Crippen molar-refractivity contribution in [3.05, 3.63) is 35.9 Å². The molecule has 1 saturated heterocycles. The second kappa shape index (κ2) is 2.82. The van der Waals surface area contributed by atoms with Gasteiger partial charge in [-0.05, 0) is 24.6 Å². The van der Waals surface area contributed by atoms with E-state index in [1.165, 1.54) is 11.1 Å². The number of fused-ring (bicyclic) bond motifs is 1. The van der Waals surface area contributed by atoms with Crippen molar-refractivity contribution in [3.8, 4) is 0 Å². The Morgan fingerprint density at radius 3 is 3.07 bits per heavy atom. The molecule has 0 amide bonds. The molecule has 3 nitrogen and oxygen atoms in total. The summed E-state index contributed by atoms with van der Waals surface area (Å²) in [6, 6.07) is 4.26. The molecule has 3 rings (SSSR count). The molecule has 0 N–H and O–H groups in total. The Labute approximate surface area is 82.3 Å². The van der Waals surface area contributed by atoms with Crippen molar-refractivity contribution in [2.24, 2.45) is 0 Å². The molecule has 1 aliphatic heterocycles. The molecule has 0 bridgehead atoms. The predicted octanol–water partition coefficient (Wildman–Crippen LogP) is 1.76. The first-order valence-electron chi connectivity index (χ1n) is 4.86. The molecule has 2 aromatic rings. The van der Waals surface area contributed by atoms with Gasteiger partial charge in [-0.3, -0.25) is 0 Å². The minimum absolute atomic E-state index is 0.486. The van der Waals surface area contributed by atoms with E-state index in [0.29, 0.717) is 5.92 Å². The summed E-state index contributed by atoms with van der Waals surface area (Å²) in [5.74, 6) is 1.62. The highest BCUT2D eigenvalue weighted by Gasteiger charge is 2.24. The molecule has 3 heteroatoms. The lowest BCUT2D eigenvalue weighted by molar-refractivity contribution is 0.00466. The molecule has 0 atom stereocenters. The number of aryl methyl sites for hydroxylation is 1. The van der Waals surface area contributed by atoms with Crippen LogP contribution in [-0.2, 0) is 4.74 Å². The fourth-order valence-electron chi connectivity index (χ4n) is 1.82. The number of rotatable bonds is 1. The third-order valence-corrected chi connectivity index (χ3v) is 2.72. The molecular formula is C11H12N2O. The fourth-order valence-corrected chi connectivity index (χ4v) is 1.82. The average Bonchev–Trinajstić information content (AvgIpc) is 2.45. The second-order valence-corrected chi connectivity index (χ2v) is 3.85. The van der Waals surface area contributed by atoms with Crippen LogP contribution < -0.4 is 0 Å². The molecule has 1 aliphatic rings. The fraction of sp³-hybridized carbons (Fsp3) is 0.364. The van der Waals surface area contributed by atoms with Gasteiger partial charge in [0.05, 0.1) is 30.8 Å². The maximum absolute atomic E-state index is 5.18.